The van der Waals surface area contributed by atoms with E-state index in [1.54, 1.807) is 0 Å². The van der Waals surface area contributed by atoms with Crippen molar-refractivity contribution in [2.24, 2.45) is 10.7 Å². The van der Waals surface area contributed by atoms with E-state index in [0.29, 0.717) is 31.4 Å². The lowest BCUT2D eigenvalue weighted by molar-refractivity contribution is 0.146. The summed E-state index contributed by atoms with van der Waals surface area (Å²) in [6.07, 6.45) is 0.853. The SMILES string of the molecule is CCOCCCN=C(N)NCCS(=O)c1ccccc1. The van der Waals surface area contributed by atoms with E-state index >= 15 is 0 Å². The van der Waals surface area contributed by atoms with Gasteiger partial charge >= 0.3 is 0 Å². The Morgan fingerprint density at radius 2 is 2.15 bits per heavy atom. The molecule has 0 fully saturated rings. The third-order valence-corrected chi connectivity index (χ3v) is 3.91. The lowest BCUT2D eigenvalue weighted by Crippen LogP contribution is -2.34. The number of nitrogens with one attached hydrogen (secondary N) is 1. The Labute approximate surface area is 123 Å². The van der Waals surface area contributed by atoms with Crippen molar-refractivity contribution in [3.8, 4) is 0 Å². The Hall–Kier alpha value is -1.40. The largest absolute Gasteiger partial charge is 0.382 e. The van der Waals surface area contributed by atoms with Gasteiger partial charge in [-0.2, -0.15) is 0 Å². The fraction of sp³-hybridized carbons (Fsp3) is 0.500. The highest BCUT2D eigenvalue weighted by molar-refractivity contribution is 7.85. The number of benzene rings is 1. The van der Waals surface area contributed by atoms with Crippen molar-refractivity contribution in [2.75, 3.05) is 32.1 Å². The zero-order valence-electron chi connectivity index (χ0n) is 11.9. The summed E-state index contributed by atoms with van der Waals surface area (Å²) in [6.45, 7) is 4.57. The second-order valence-electron chi connectivity index (χ2n) is 4.11. The molecule has 6 heteroatoms. The molecule has 1 rings (SSSR count). The van der Waals surface area contributed by atoms with Crippen molar-refractivity contribution in [3.63, 3.8) is 0 Å². The van der Waals surface area contributed by atoms with Gasteiger partial charge in [-0.05, 0) is 25.5 Å². The minimum absolute atomic E-state index is 0.395. The summed E-state index contributed by atoms with van der Waals surface area (Å²) in [7, 11) is -1.00. The predicted octanol–water partition coefficient (Wildman–Crippen LogP) is 1.13. The molecule has 0 saturated carbocycles. The molecule has 112 valence electrons. The molecule has 0 aliphatic carbocycles. The molecular formula is C14H23N3O2S. The Morgan fingerprint density at radius 3 is 2.85 bits per heavy atom. The normalized spacial score (nSPS) is 13.2. The third kappa shape index (κ3) is 7.25. The van der Waals surface area contributed by atoms with Crippen LogP contribution in [0.4, 0.5) is 0 Å². The molecule has 5 nitrogen and oxygen atoms in total. The molecule has 0 aliphatic heterocycles. The Kier molecular flexibility index (Phi) is 8.66. The van der Waals surface area contributed by atoms with E-state index in [0.717, 1.165) is 17.9 Å². The first-order valence-corrected chi connectivity index (χ1v) is 8.11. The molecule has 0 amide bonds. The molecule has 20 heavy (non-hydrogen) atoms. The fourth-order valence-corrected chi connectivity index (χ4v) is 2.51. The van der Waals surface area contributed by atoms with Gasteiger partial charge in [0.15, 0.2) is 5.96 Å². The van der Waals surface area contributed by atoms with Crippen LogP contribution in [-0.4, -0.2) is 42.2 Å². The average Bonchev–Trinajstić information content (AvgIpc) is 2.48. The highest BCUT2D eigenvalue weighted by Crippen LogP contribution is 2.04. The maximum Gasteiger partial charge on any atom is 0.188 e. The molecule has 0 bridgehead atoms. The van der Waals surface area contributed by atoms with Gasteiger partial charge < -0.3 is 15.8 Å². The van der Waals surface area contributed by atoms with Crippen LogP contribution in [0.1, 0.15) is 13.3 Å². The van der Waals surface area contributed by atoms with Crippen LogP contribution in [0.25, 0.3) is 0 Å². The minimum atomic E-state index is -1.00. The van der Waals surface area contributed by atoms with E-state index in [1.165, 1.54) is 0 Å². The summed E-state index contributed by atoms with van der Waals surface area (Å²) in [5, 5.41) is 2.97. The smallest absolute Gasteiger partial charge is 0.188 e. The lowest BCUT2D eigenvalue weighted by Gasteiger charge is -2.06. The maximum absolute atomic E-state index is 11.9. The van der Waals surface area contributed by atoms with Gasteiger partial charge in [-0.15, -0.1) is 0 Å². The summed E-state index contributed by atoms with van der Waals surface area (Å²) < 4.78 is 17.1. The van der Waals surface area contributed by atoms with Crippen LogP contribution in [0.3, 0.4) is 0 Å². The molecule has 0 aromatic heterocycles. The Morgan fingerprint density at radius 1 is 1.40 bits per heavy atom. The zero-order valence-corrected chi connectivity index (χ0v) is 12.7. The van der Waals surface area contributed by atoms with Gasteiger partial charge in [0.2, 0.25) is 0 Å². The van der Waals surface area contributed by atoms with Crippen LogP contribution in [-0.2, 0) is 15.5 Å². The number of hydrogen-bond donors (Lipinski definition) is 2. The molecule has 0 saturated heterocycles. The van der Waals surface area contributed by atoms with Crippen LogP contribution in [0.2, 0.25) is 0 Å². The monoisotopic (exact) mass is 297 g/mol. The predicted molar refractivity (Wildman–Crippen MR) is 83.3 cm³/mol. The molecule has 3 N–H and O–H groups in total. The van der Waals surface area contributed by atoms with E-state index < -0.39 is 10.8 Å². The van der Waals surface area contributed by atoms with Crippen molar-refractivity contribution in [2.45, 2.75) is 18.2 Å². The van der Waals surface area contributed by atoms with Gasteiger partial charge in [0.1, 0.15) is 0 Å². The van der Waals surface area contributed by atoms with Gasteiger partial charge in [-0.1, -0.05) is 18.2 Å². The molecule has 0 spiro atoms. The van der Waals surface area contributed by atoms with Crippen molar-refractivity contribution in [1.29, 1.82) is 0 Å². The third-order valence-electron chi connectivity index (χ3n) is 2.53. The second kappa shape index (κ2) is 10.4. The second-order valence-corrected chi connectivity index (χ2v) is 5.68. The number of ether oxygens (including phenoxy) is 1. The number of aliphatic imine (C=N–C) groups is 1. The lowest BCUT2D eigenvalue weighted by atomic mass is 10.4. The van der Waals surface area contributed by atoms with Crippen molar-refractivity contribution < 1.29 is 8.95 Å². The van der Waals surface area contributed by atoms with Crippen LogP contribution in [0.5, 0.6) is 0 Å². The minimum Gasteiger partial charge on any atom is -0.382 e. The van der Waals surface area contributed by atoms with Gasteiger partial charge in [-0.3, -0.25) is 9.20 Å². The summed E-state index contributed by atoms with van der Waals surface area (Å²) in [5.41, 5.74) is 5.71. The van der Waals surface area contributed by atoms with Gasteiger partial charge in [0.25, 0.3) is 0 Å². The van der Waals surface area contributed by atoms with Crippen LogP contribution >= 0.6 is 0 Å². The van der Waals surface area contributed by atoms with Gasteiger partial charge in [0.05, 0.1) is 10.8 Å². The zero-order chi connectivity index (χ0) is 14.6. The first kappa shape index (κ1) is 16.7. The summed E-state index contributed by atoms with van der Waals surface area (Å²) >= 11 is 0. The van der Waals surface area contributed by atoms with Crippen LogP contribution in [0.15, 0.2) is 40.2 Å². The fourth-order valence-electron chi connectivity index (χ4n) is 1.53. The van der Waals surface area contributed by atoms with E-state index in [2.05, 4.69) is 10.3 Å². The van der Waals surface area contributed by atoms with Crippen molar-refractivity contribution >= 4 is 16.8 Å². The highest BCUT2D eigenvalue weighted by Gasteiger charge is 2.02. The number of nitrogens with two attached hydrogens (primary N) is 1. The number of rotatable bonds is 9. The average molecular weight is 297 g/mol. The van der Waals surface area contributed by atoms with Crippen LogP contribution < -0.4 is 11.1 Å². The molecule has 0 heterocycles. The standard InChI is InChI=1S/C14H23N3O2S/c1-2-19-11-6-9-16-14(15)17-10-12-20(18)13-7-4-3-5-8-13/h3-5,7-8H,2,6,9-12H2,1H3,(H3,15,16,17). The van der Waals surface area contributed by atoms with E-state index in [9.17, 15) is 4.21 Å². The summed E-state index contributed by atoms with van der Waals surface area (Å²) in [6, 6.07) is 9.40. The molecule has 1 aromatic carbocycles. The highest BCUT2D eigenvalue weighted by atomic mass is 32.2. The Bertz CT molecular complexity index is 424. The first-order valence-electron chi connectivity index (χ1n) is 6.79. The van der Waals surface area contributed by atoms with Crippen LogP contribution in [0, 0.1) is 0 Å². The van der Waals surface area contributed by atoms with Crippen molar-refractivity contribution in [1.82, 2.24) is 5.32 Å². The topological polar surface area (TPSA) is 76.7 Å². The van der Waals surface area contributed by atoms with Gasteiger partial charge in [-0.25, -0.2) is 0 Å². The molecule has 0 radical (unpaired) electrons. The summed E-state index contributed by atoms with van der Waals surface area (Å²) in [5.74, 6) is 0.908. The van der Waals surface area contributed by atoms with E-state index in [1.807, 2.05) is 37.3 Å². The molecule has 0 aliphatic rings. The van der Waals surface area contributed by atoms with Gasteiger partial charge in [0, 0.05) is 37.0 Å². The molecule has 1 unspecified atom stereocenters. The molecule has 1 atom stereocenters. The van der Waals surface area contributed by atoms with E-state index in [4.69, 9.17) is 10.5 Å². The van der Waals surface area contributed by atoms with E-state index in [-0.39, 0.29) is 0 Å². The Balaban J connectivity index is 2.16. The molecular weight excluding hydrogens is 274 g/mol. The van der Waals surface area contributed by atoms with Crippen molar-refractivity contribution in [3.05, 3.63) is 30.3 Å². The maximum atomic E-state index is 11.9. The molecule has 1 aromatic rings. The number of hydrogen-bond acceptors (Lipinski definition) is 3. The number of nitrogens with zero attached hydrogens (tertiary/aromatic N) is 1. The summed E-state index contributed by atoms with van der Waals surface area (Å²) in [4.78, 5) is 5.00. The number of guanidine groups is 1. The quantitative estimate of drug-likeness (QED) is 0.407. The first-order chi connectivity index (χ1) is 9.74.